The molecule has 1 aliphatic rings. The van der Waals surface area contributed by atoms with E-state index in [9.17, 15) is 4.79 Å². The zero-order chi connectivity index (χ0) is 12.3. The van der Waals surface area contributed by atoms with E-state index in [1.807, 2.05) is 26.0 Å². The van der Waals surface area contributed by atoms with Gasteiger partial charge in [0.05, 0.1) is 11.8 Å². The van der Waals surface area contributed by atoms with Crippen LogP contribution in [0.1, 0.15) is 20.8 Å². The minimum absolute atomic E-state index is 0.0776. The number of hydrogen-bond donors (Lipinski definition) is 1. The van der Waals surface area contributed by atoms with E-state index in [2.05, 4.69) is 28.2 Å². The number of allylic oxidation sites excluding steroid dienone is 3. The normalized spacial score (nSPS) is 33.4. The Hall–Kier alpha value is -0.120. The first-order valence-electron chi connectivity index (χ1n) is 5.39. The van der Waals surface area contributed by atoms with Crippen molar-refractivity contribution in [2.75, 3.05) is 5.88 Å². The lowest BCUT2D eigenvalue weighted by Gasteiger charge is -2.13. The van der Waals surface area contributed by atoms with Crippen molar-refractivity contribution in [2.24, 2.45) is 5.92 Å². The quantitative estimate of drug-likeness (QED) is 0.812. The summed E-state index contributed by atoms with van der Waals surface area (Å²) in [5.74, 6) is 0.0717. The maximum Gasteiger partial charge on any atom is 0.156 e. The van der Waals surface area contributed by atoms with Crippen molar-refractivity contribution in [3.8, 4) is 0 Å². The minimum atomic E-state index is -0.0972. The molecule has 0 spiro atoms. The number of halogens is 2. The molecule has 0 aliphatic carbocycles. The van der Waals surface area contributed by atoms with Crippen LogP contribution in [0.5, 0.6) is 0 Å². The molecule has 1 heterocycles. The summed E-state index contributed by atoms with van der Waals surface area (Å²) in [6, 6.07) is 0.379. The van der Waals surface area contributed by atoms with Crippen molar-refractivity contribution in [2.45, 2.75) is 32.9 Å². The van der Waals surface area contributed by atoms with Gasteiger partial charge in [-0.3, -0.25) is 4.79 Å². The summed E-state index contributed by atoms with van der Waals surface area (Å²) in [4.78, 5) is 11.8. The fraction of sp³-hybridized carbons (Fsp3) is 0.583. The fourth-order valence-electron chi connectivity index (χ4n) is 2.15. The Kier molecular flexibility index (Phi) is 5.22. The van der Waals surface area contributed by atoms with E-state index >= 15 is 0 Å². The molecule has 0 radical (unpaired) electrons. The van der Waals surface area contributed by atoms with Crippen molar-refractivity contribution >= 4 is 33.3 Å². The predicted molar refractivity (Wildman–Crippen MR) is 72.0 cm³/mol. The van der Waals surface area contributed by atoms with E-state index in [0.29, 0.717) is 0 Å². The molecule has 1 rings (SSSR count). The van der Waals surface area contributed by atoms with Gasteiger partial charge in [0, 0.05) is 16.6 Å². The summed E-state index contributed by atoms with van der Waals surface area (Å²) in [6.45, 7) is 6.05. The monoisotopic (exact) mass is 305 g/mol. The lowest BCUT2D eigenvalue weighted by atomic mass is 9.90. The van der Waals surface area contributed by atoms with Crippen molar-refractivity contribution in [1.29, 1.82) is 0 Å². The molecule has 4 heteroatoms. The van der Waals surface area contributed by atoms with Crippen LogP contribution in [0, 0.1) is 5.92 Å². The molecule has 0 aromatic heterocycles. The van der Waals surface area contributed by atoms with Crippen LogP contribution in [0.2, 0.25) is 0 Å². The zero-order valence-electron chi connectivity index (χ0n) is 9.76. The van der Waals surface area contributed by atoms with Gasteiger partial charge in [-0.15, -0.1) is 11.6 Å². The smallest absolute Gasteiger partial charge is 0.156 e. The van der Waals surface area contributed by atoms with Gasteiger partial charge in [0.2, 0.25) is 0 Å². The number of carbonyl (C=O) groups excluding carboxylic acids is 1. The van der Waals surface area contributed by atoms with Gasteiger partial charge in [0.25, 0.3) is 0 Å². The van der Waals surface area contributed by atoms with Crippen LogP contribution in [-0.2, 0) is 4.79 Å². The van der Waals surface area contributed by atoms with E-state index in [4.69, 9.17) is 11.6 Å². The SMILES string of the molecule is C/C=C(Br)\C=C1\C(C(=O)CCl)C(C)N[C@H]1C. The molecule has 0 amide bonds. The lowest BCUT2D eigenvalue weighted by Crippen LogP contribution is -2.30. The Balaban J connectivity index is 3.03. The van der Waals surface area contributed by atoms with E-state index in [1.165, 1.54) is 0 Å². The third-order valence-corrected chi connectivity index (χ3v) is 3.88. The van der Waals surface area contributed by atoms with Crippen molar-refractivity contribution in [3.05, 3.63) is 22.2 Å². The first kappa shape index (κ1) is 13.9. The Morgan fingerprint density at radius 3 is 2.69 bits per heavy atom. The second kappa shape index (κ2) is 5.99. The molecule has 1 saturated heterocycles. The number of Topliss-reactive ketones (excluding diaryl/α,β-unsaturated/α-hetero) is 1. The van der Waals surface area contributed by atoms with Gasteiger partial charge in [-0.05, 0) is 32.4 Å². The summed E-state index contributed by atoms with van der Waals surface area (Å²) in [6.07, 6.45) is 3.99. The van der Waals surface area contributed by atoms with Crippen LogP contribution in [0.15, 0.2) is 22.2 Å². The second-order valence-corrected chi connectivity index (χ2v) is 5.26. The van der Waals surface area contributed by atoms with Crippen LogP contribution in [-0.4, -0.2) is 23.7 Å². The highest BCUT2D eigenvalue weighted by Gasteiger charge is 2.37. The molecule has 2 unspecified atom stereocenters. The van der Waals surface area contributed by atoms with E-state index in [0.717, 1.165) is 10.1 Å². The Bertz CT molecular complexity index is 338. The van der Waals surface area contributed by atoms with Gasteiger partial charge in [0.15, 0.2) is 5.78 Å². The van der Waals surface area contributed by atoms with Gasteiger partial charge in [-0.2, -0.15) is 0 Å². The summed E-state index contributed by atoms with van der Waals surface area (Å²) in [7, 11) is 0. The summed E-state index contributed by atoms with van der Waals surface area (Å²) >= 11 is 9.10. The van der Waals surface area contributed by atoms with Gasteiger partial charge >= 0.3 is 0 Å². The molecule has 0 aromatic rings. The maximum atomic E-state index is 11.8. The number of alkyl halides is 1. The standard InChI is InChI=1S/C12H17BrClNO/c1-4-9(13)5-10-7(2)15-8(3)12(10)11(16)6-14/h4-5,7-8,12,15H,6H2,1-3H3/b9-4+,10-5+/t7-,8?,12?/m0/s1. The Labute approximate surface area is 110 Å². The minimum Gasteiger partial charge on any atom is -0.307 e. The average Bonchev–Trinajstić information content (AvgIpc) is 2.53. The van der Waals surface area contributed by atoms with Crippen molar-refractivity contribution < 1.29 is 4.79 Å². The summed E-state index contributed by atoms with van der Waals surface area (Å²) in [5.41, 5.74) is 1.11. The fourth-order valence-corrected chi connectivity index (χ4v) is 2.58. The molecule has 0 saturated carbocycles. The maximum absolute atomic E-state index is 11.8. The average molecular weight is 307 g/mol. The van der Waals surface area contributed by atoms with Crippen molar-refractivity contribution in [3.63, 3.8) is 0 Å². The number of rotatable bonds is 3. The highest BCUT2D eigenvalue weighted by atomic mass is 79.9. The lowest BCUT2D eigenvalue weighted by molar-refractivity contribution is -0.119. The topological polar surface area (TPSA) is 29.1 Å². The van der Waals surface area contributed by atoms with Gasteiger partial charge in [-0.1, -0.05) is 22.0 Å². The molecule has 3 atom stereocenters. The summed E-state index contributed by atoms with van der Waals surface area (Å²) in [5, 5.41) is 3.37. The highest BCUT2D eigenvalue weighted by molar-refractivity contribution is 9.11. The molecule has 0 bridgehead atoms. The second-order valence-electron chi connectivity index (χ2n) is 4.07. The number of hydrogen-bond acceptors (Lipinski definition) is 2. The molecule has 90 valence electrons. The molecule has 1 fully saturated rings. The Morgan fingerprint density at radius 1 is 1.56 bits per heavy atom. The van der Waals surface area contributed by atoms with E-state index < -0.39 is 0 Å². The first-order chi connectivity index (χ1) is 7.51. The molecular weight excluding hydrogens is 289 g/mol. The molecule has 0 aromatic carbocycles. The summed E-state index contributed by atoms with van der Waals surface area (Å²) < 4.78 is 0.998. The third-order valence-electron chi connectivity index (χ3n) is 2.93. The molecule has 1 N–H and O–H groups in total. The van der Waals surface area contributed by atoms with Crippen LogP contribution in [0.3, 0.4) is 0 Å². The van der Waals surface area contributed by atoms with Gasteiger partial charge in [0.1, 0.15) is 0 Å². The van der Waals surface area contributed by atoms with Gasteiger partial charge < -0.3 is 5.32 Å². The number of carbonyl (C=O) groups is 1. The molecule has 2 nitrogen and oxygen atoms in total. The molecule has 1 aliphatic heterocycles. The first-order valence-corrected chi connectivity index (χ1v) is 6.72. The third kappa shape index (κ3) is 2.96. The highest BCUT2D eigenvalue weighted by Crippen LogP contribution is 2.30. The van der Waals surface area contributed by atoms with E-state index in [1.54, 1.807) is 0 Å². The van der Waals surface area contributed by atoms with Crippen molar-refractivity contribution in [1.82, 2.24) is 5.32 Å². The Morgan fingerprint density at radius 2 is 2.19 bits per heavy atom. The molecule has 16 heavy (non-hydrogen) atoms. The predicted octanol–water partition coefficient (Wildman–Crippen LogP) is 3.02. The van der Waals surface area contributed by atoms with Gasteiger partial charge in [-0.25, -0.2) is 0 Å². The van der Waals surface area contributed by atoms with Crippen LogP contribution in [0.25, 0.3) is 0 Å². The van der Waals surface area contributed by atoms with Crippen LogP contribution >= 0.6 is 27.5 Å². The van der Waals surface area contributed by atoms with Crippen LogP contribution < -0.4 is 5.32 Å². The number of ketones is 1. The number of nitrogens with one attached hydrogen (secondary N) is 1. The largest absolute Gasteiger partial charge is 0.307 e. The zero-order valence-corrected chi connectivity index (χ0v) is 12.1. The van der Waals surface area contributed by atoms with Crippen LogP contribution in [0.4, 0.5) is 0 Å². The molecular formula is C12H17BrClNO. The van der Waals surface area contributed by atoms with E-state index in [-0.39, 0.29) is 29.7 Å².